The number of aliphatic hydroxyl groups is 1. The van der Waals surface area contributed by atoms with Crippen molar-refractivity contribution in [2.75, 3.05) is 26.3 Å². The molecule has 0 saturated carbocycles. The lowest BCUT2D eigenvalue weighted by atomic mass is 10.1. The smallest absolute Gasteiger partial charge is 0.260 e. The van der Waals surface area contributed by atoms with Gasteiger partial charge in [0.05, 0.1) is 10.0 Å². The lowest BCUT2D eigenvalue weighted by molar-refractivity contribution is -0.132. The normalized spacial score (nSPS) is 18.7. The van der Waals surface area contributed by atoms with Crippen LogP contribution >= 0.6 is 23.2 Å². The standard InChI is InChI=1S/C13H15Cl2NO3/c14-11-2-1-10(5-12(11)15)19-8-13(18)16-4-3-9(6-16)7-17/h1-2,5,9,17H,3-4,6-8H2. The molecule has 6 heteroatoms. The topological polar surface area (TPSA) is 49.8 Å². The van der Waals surface area contributed by atoms with E-state index < -0.39 is 0 Å². The van der Waals surface area contributed by atoms with Crippen molar-refractivity contribution < 1.29 is 14.6 Å². The van der Waals surface area contributed by atoms with E-state index in [-0.39, 0.29) is 25.0 Å². The number of carbonyl (C=O) groups is 1. The van der Waals surface area contributed by atoms with Crippen LogP contribution in [0.15, 0.2) is 18.2 Å². The summed E-state index contributed by atoms with van der Waals surface area (Å²) in [6.07, 6.45) is 0.842. The minimum Gasteiger partial charge on any atom is -0.484 e. The van der Waals surface area contributed by atoms with Crippen LogP contribution in [-0.4, -0.2) is 42.2 Å². The predicted molar refractivity (Wildman–Crippen MR) is 73.7 cm³/mol. The van der Waals surface area contributed by atoms with Gasteiger partial charge < -0.3 is 14.7 Å². The number of likely N-dealkylation sites (tertiary alicyclic amines) is 1. The van der Waals surface area contributed by atoms with Crippen LogP contribution in [-0.2, 0) is 4.79 Å². The summed E-state index contributed by atoms with van der Waals surface area (Å²) in [5, 5.41) is 9.88. The van der Waals surface area contributed by atoms with Crippen molar-refractivity contribution in [1.29, 1.82) is 0 Å². The molecule has 2 rings (SSSR count). The molecule has 0 spiro atoms. The molecule has 19 heavy (non-hydrogen) atoms. The summed E-state index contributed by atoms with van der Waals surface area (Å²) >= 11 is 11.7. The molecule has 1 atom stereocenters. The van der Waals surface area contributed by atoms with Crippen molar-refractivity contribution in [2.24, 2.45) is 5.92 Å². The average Bonchev–Trinajstić information content (AvgIpc) is 2.88. The Hall–Kier alpha value is -0.970. The van der Waals surface area contributed by atoms with Gasteiger partial charge in [0, 0.05) is 31.7 Å². The first kappa shape index (κ1) is 14.4. The first-order valence-corrected chi connectivity index (χ1v) is 6.82. The molecule has 1 heterocycles. The van der Waals surface area contributed by atoms with Crippen molar-refractivity contribution >= 4 is 29.1 Å². The Kier molecular flexibility index (Phi) is 4.91. The van der Waals surface area contributed by atoms with E-state index >= 15 is 0 Å². The second-order valence-corrected chi connectivity index (χ2v) is 5.36. The van der Waals surface area contributed by atoms with Crippen LogP contribution < -0.4 is 4.74 Å². The summed E-state index contributed by atoms with van der Waals surface area (Å²) < 4.78 is 5.39. The fraction of sp³-hybridized carbons (Fsp3) is 0.462. The highest BCUT2D eigenvalue weighted by Crippen LogP contribution is 2.26. The van der Waals surface area contributed by atoms with Gasteiger partial charge in [0.2, 0.25) is 0 Å². The highest BCUT2D eigenvalue weighted by atomic mass is 35.5. The highest BCUT2D eigenvalue weighted by molar-refractivity contribution is 6.42. The molecule has 1 aromatic rings. The molecule has 4 nitrogen and oxygen atoms in total. The zero-order valence-corrected chi connectivity index (χ0v) is 11.8. The maximum Gasteiger partial charge on any atom is 0.260 e. The molecular formula is C13H15Cl2NO3. The molecule has 1 saturated heterocycles. The zero-order valence-electron chi connectivity index (χ0n) is 10.3. The maximum atomic E-state index is 11.9. The third-order valence-electron chi connectivity index (χ3n) is 3.15. The Bertz CT molecular complexity index is 467. The Labute approximate surface area is 121 Å². The average molecular weight is 304 g/mol. The number of hydrogen-bond acceptors (Lipinski definition) is 3. The Morgan fingerprint density at radius 2 is 2.21 bits per heavy atom. The van der Waals surface area contributed by atoms with Crippen molar-refractivity contribution in [1.82, 2.24) is 4.90 Å². The van der Waals surface area contributed by atoms with E-state index in [4.69, 9.17) is 33.0 Å². The molecule has 0 aromatic heterocycles. The van der Waals surface area contributed by atoms with Gasteiger partial charge in [0.1, 0.15) is 5.75 Å². The van der Waals surface area contributed by atoms with Gasteiger partial charge in [-0.2, -0.15) is 0 Å². The molecule has 104 valence electrons. The number of ether oxygens (including phenoxy) is 1. The van der Waals surface area contributed by atoms with E-state index in [1.165, 1.54) is 0 Å². The van der Waals surface area contributed by atoms with Gasteiger partial charge in [-0.05, 0) is 18.6 Å². The van der Waals surface area contributed by atoms with E-state index in [0.29, 0.717) is 28.9 Å². The Morgan fingerprint density at radius 1 is 1.42 bits per heavy atom. The molecule has 0 aliphatic carbocycles. The Morgan fingerprint density at radius 3 is 2.84 bits per heavy atom. The van der Waals surface area contributed by atoms with Gasteiger partial charge in [-0.15, -0.1) is 0 Å². The van der Waals surface area contributed by atoms with Crippen molar-refractivity contribution in [3.05, 3.63) is 28.2 Å². The van der Waals surface area contributed by atoms with Crippen molar-refractivity contribution in [2.45, 2.75) is 6.42 Å². The number of aliphatic hydroxyl groups excluding tert-OH is 1. The quantitative estimate of drug-likeness (QED) is 0.928. The van der Waals surface area contributed by atoms with Crippen LogP contribution in [0.5, 0.6) is 5.75 Å². The number of benzene rings is 1. The van der Waals surface area contributed by atoms with Crippen molar-refractivity contribution in [3.63, 3.8) is 0 Å². The van der Waals surface area contributed by atoms with Crippen LogP contribution in [0.25, 0.3) is 0 Å². The number of halogens is 2. The van der Waals surface area contributed by atoms with Crippen LogP contribution in [0.3, 0.4) is 0 Å². The van der Waals surface area contributed by atoms with Gasteiger partial charge in [-0.3, -0.25) is 4.79 Å². The van der Waals surface area contributed by atoms with Gasteiger partial charge in [-0.1, -0.05) is 23.2 Å². The van der Waals surface area contributed by atoms with Gasteiger partial charge >= 0.3 is 0 Å². The molecule has 0 bridgehead atoms. The second-order valence-electron chi connectivity index (χ2n) is 4.54. The molecule has 1 aliphatic heterocycles. The molecule has 1 amide bonds. The molecule has 0 radical (unpaired) electrons. The lowest BCUT2D eigenvalue weighted by Gasteiger charge is -2.16. The number of rotatable bonds is 4. The Balaban J connectivity index is 1.85. The molecule has 1 unspecified atom stereocenters. The van der Waals surface area contributed by atoms with E-state index in [2.05, 4.69) is 0 Å². The second kappa shape index (κ2) is 6.46. The van der Waals surface area contributed by atoms with Crippen LogP contribution in [0.1, 0.15) is 6.42 Å². The first-order valence-electron chi connectivity index (χ1n) is 6.06. The minimum absolute atomic E-state index is 0.0316. The largest absolute Gasteiger partial charge is 0.484 e. The molecule has 1 aliphatic rings. The van der Waals surface area contributed by atoms with Gasteiger partial charge in [-0.25, -0.2) is 0 Å². The van der Waals surface area contributed by atoms with Gasteiger partial charge in [0.25, 0.3) is 5.91 Å². The minimum atomic E-state index is -0.0815. The van der Waals surface area contributed by atoms with Crippen LogP contribution in [0.4, 0.5) is 0 Å². The fourth-order valence-electron chi connectivity index (χ4n) is 2.01. The summed E-state index contributed by atoms with van der Waals surface area (Å²) in [4.78, 5) is 13.6. The fourth-order valence-corrected chi connectivity index (χ4v) is 2.30. The number of hydrogen-bond donors (Lipinski definition) is 1. The molecule has 1 fully saturated rings. The van der Waals surface area contributed by atoms with Crippen molar-refractivity contribution in [3.8, 4) is 5.75 Å². The summed E-state index contributed by atoms with van der Waals surface area (Å²) in [5.74, 6) is 0.622. The molecule has 1 aromatic carbocycles. The highest BCUT2D eigenvalue weighted by Gasteiger charge is 2.25. The predicted octanol–water partition coefficient (Wildman–Crippen LogP) is 2.21. The van der Waals surface area contributed by atoms with E-state index in [9.17, 15) is 4.79 Å². The van der Waals surface area contributed by atoms with Crippen LogP contribution in [0.2, 0.25) is 10.0 Å². The van der Waals surface area contributed by atoms with E-state index in [1.807, 2.05) is 0 Å². The van der Waals surface area contributed by atoms with E-state index in [0.717, 1.165) is 6.42 Å². The summed E-state index contributed by atoms with van der Waals surface area (Å²) in [5.41, 5.74) is 0. The summed E-state index contributed by atoms with van der Waals surface area (Å²) in [6.45, 7) is 1.36. The first-order chi connectivity index (χ1) is 9.10. The maximum absolute atomic E-state index is 11.9. The number of carbonyl (C=O) groups excluding carboxylic acids is 1. The SMILES string of the molecule is O=C(COc1ccc(Cl)c(Cl)c1)N1CCC(CO)C1. The monoisotopic (exact) mass is 303 g/mol. The van der Waals surface area contributed by atoms with Crippen LogP contribution in [0, 0.1) is 5.92 Å². The third-order valence-corrected chi connectivity index (χ3v) is 3.89. The zero-order chi connectivity index (χ0) is 13.8. The molecular weight excluding hydrogens is 289 g/mol. The van der Waals surface area contributed by atoms with Gasteiger partial charge in [0.15, 0.2) is 6.61 Å². The summed E-state index contributed by atoms with van der Waals surface area (Å²) in [7, 11) is 0. The summed E-state index contributed by atoms with van der Waals surface area (Å²) in [6, 6.07) is 4.88. The number of nitrogens with zero attached hydrogens (tertiary/aromatic N) is 1. The molecule has 1 N–H and O–H groups in total. The van der Waals surface area contributed by atoms with E-state index in [1.54, 1.807) is 23.1 Å². The lowest BCUT2D eigenvalue weighted by Crippen LogP contribution is -2.33. The third kappa shape index (κ3) is 3.75. The number of amides is 1.